The van der Waals surface area contributed by atoms with Crippen molar-refractivity contribution in [3.05, 3.63) is 58.1 Å². The zero-order chi connectivity index (χ0) is 20.8. The van der Waals surface area contributed by atoms with Crippen molar-refractivity contribution in [1.29, 1.82) is 0 Å². The molecule has 0 N–H and O–H groups in total. The molecule has 156 valence electrons. The molecule has 4 nitrogen and oxygen atoms in total. The van der Waals surface area contributed by atoms with E-state index in [-0.39, 0.29) is 5.91 Å². The van der Waals surface area contributed by atoms with Crippen LogP contribution in [0.1, 0.15) is 65.2 Å². The Kier molecular flexibility index (Phi) is 7.18. The first-order valence-electron chi connectivity index (χ1n) is 10.7. The largest absolute Gasteiger partial charge is 0.493 e. The van der Waals surface area contributed by atoms with Gasteiger partial charge in [-0.3, -0.25) is 4.79 Å². The lowest BCUT2D eigenvalue weighted by Crippen LogP contribution is -2.31. The van der Waals surface area contributed by atoms with Gasteiger partial charge in [0.1, 0.15) is 18.1 Å². The Hall–Kier alpha value is -2.49. The Balaban J connectivity index is 1.82. The fourth-order valence-corrected chi connectivity index (χ4v) is 3.88. The van der Waals surface area contributed by atoms with Crippen molar-refractivity contribution in [3.8, 4) is 11.5 Å². The van der Waals surface area contributed by atoms with E-state index in [0.29, 0.717) is 18.8 Å². The molecule has 4 heteroatoms. The summed E-state index contributed by atoms with van der Waals surface area (Å²) >= 11 is 0. The van der Waals surface area contributed by atoms with Crippen molar-refractivity contribution >= 4 is 5.91 Å². The Morgan fingerprint density at radius 2 is 1.66 bits per heavy atom. The third-order valence-corrected chi connectivity index (χ3v) is 5.65. The molecule has 0 radical (unpaired) electrons. The Morgan fingerprint density at radius 1 is 0.931 bits per heavy atom. The molecule has 2 aromatic carbocycles. The van der Waals surface area contributed by atoms with Gasteiger partial charge in [-0.2, -0.15) is 0 Å². The average Bonchev–Trinajstić information content (AvgIpc) is 2.99. The number of likely N-dealkylation sites (tertiary alicyclic amines) is 1. The number of ether oxygens (including phenoxy) is 2. The maximum atomic E-state index is 13.0. The highest BCUT2D eigenvalue weighted by Crippen LogP contribution is 2.27. The number of amides is 1. The van der Waals surface area contributed by atoms with Crippen molar-refractivity contribution < 1.29 is 14.3 Å². The van der Waals surface area contributed by atoms with E-state index >= 15 is 0 Å². The third kappa shape index (κ3) is 5.31. The summed E-state index contributed by atoms with van der Waals surface area (Å²) in [5, 5.41) is 0. The smallest absolute Gasteiger partial charge is 0.253 e. The topological polar surface area (TPSA) is 38.8 Å². The van der Waals surface area contributed by atoms with Crippen LogP contribution in [0.4, 0.5) is 0 Å². The lowest BCUT2D eigenvalue weighted by atomic mass is 10.1. The van der Waals surface area contributed by atoms with Gasteiger partial charge < -0.3 is 14.4 Å². The van der Waals surface area contributed by atoms with Crippen LogP contribution in [0, 0.1) is 20.8 Å². The number of carbonyl (C=O) groups is 1. The molecule has 29 heavy (non-hydrogen) atoms. The Labute approximate surface area is 174 Å². The lowest BCUT2D eigenvalue weighted by molar-refractivity contribution is 0.0761. The predicted octanol–water partition coefficient (Wildman–Crippen LogP) is 5.61. The van der Waals surface area contributed by atoms with Crippen LogP contribution < -0.4 is 9.47 Å². The van der Waals surface area contributed by atoms with Crippen molar-refractivity contribution in [2.75, 3.05) is 19.7 Å². The van der Waals surface area contributed by atoms with E-state index in [4.69, 9.17) is 9.47 Å². The first kappa shape index (κ1) is 21.2. The van der Waals surface area contributed by atoms with Gasteiger partial charge >= 0.3 is 0 Å². The number of aryl methyl sites for hydroxylation is 2. The van der Waals surface area contributed by atoms with Crippen molar-refractivity contribution in [2.24, 2.45) is 0 Å². The second-order valence-electron chi connectivity index (χ2n) is 7.96. The van der Waals surface area contributed by atoms with Crippen LogP contribution in [0.3, 0.4) is 0 Å². The molecular weight excluding hydrogens is 362 g/mol. The van der Waals surface area contributed by atoms with Gasteiger partial charge in [0.25, 0.3) is 5.91 Å². The number of hydrogen-bond donors (Lipinski definition) is 0. The van der Waals surface area contributed by atoms with Gasteiger partial charge in [-0.25, -0.2) is 0 Å². The molecule has 1 saturated heterocycles. The molecule has 0 bridgehead atoms. The number of nitrogens with zero attached hydrogens (tertiary/aromatic N) is 1. The molecule has 1 aliphatic heterocycles. The highest BCUT2D eigenvalue weighted by Gasteiger charge is 2.19. The molecular formula is C25H33NO3. The molecule has 0 unspecified atom stereocenters. The lowest BCUT2D eigenvalue weighted by Gasteiger charge is -2.21. The summed E-state index contributed by atoms with van der Waals surface area (Å²) in [6.07, 6.45) is 4.60. The second kappa shape index (κ2) is 9.82. The molecule has 0 saturated carbocycles. The monoisotopic (exact) mass is 395 g/mol. The molecule has 1 fully saturated rings. The molecule has 3 rings (SSSR count). The summed E-state index contributed by atoms with van der Waals surface area (Å²) in [5.74, 6) is 1.77. The van der Waals surface area contributed by atoms with Crippen LogP contribution in [0.15, 0.2) is 30.3 Å². The first-order valence-corrected chi connectivity index (χ1v) is 10.7. The maximum Gasteiger partial charge on any atom is 0.253 e. The fourth-order valence-electron chi connectivity index (χ4n) is 3.88. The Morgan fingerprint density at radius 3 is 2.34 bits per heavy atom. The zero-order valence-electron chi connectivity index (χ0n) is 18.2. The van der Waals surface area contributed by atoms with Crippen LogP contribution in [0.5, 0.6) is 11.5 Å². The molecule has 0 aromatic heterocycles. The maximum absolute atomic E-state index is 13.0. The third-order valence-electron chi connectivity index (χ3n) is 5.65. The van der Waals surface area contributed by atoms with Gasteiger partial charge in [0, 0.05) is 24.2 Å². The Bertz CT molecular complexity index is 851. The molecule has 1 amide bonds. The summed E-state index contributed by atoms with van der Waals surface area (Å²) in [4.78, 5) is 15.0. The number of benzene rings is 2. The van der Waals surface area contributed by atoms with Crippen molar-refractivity contribution in [1.82, 2.24) is 4.90 Å². The van der Waals surface area contributed by atoms with E-state index in [1.807, 2.05) is 30.0 Å². The zero-order valence-corrected chi connectivity index (χ0v) is 18.2. The van der Waals surface area contributed by atoms with Crippen molar-refractivity contribution in [2.45, 2.75) is 60.0 Å². The summed E-state index contributed by atoms with van der Waals surface area (Å²) in [6, 6.07) is 9.95. The van der Waals surface area contributed by atoms with Crippen LogP contribution in [0.2, 0.25) is 0 Å². The quantitative estimate of drug-likeness (QED) is 0.638. The highest BCUT2D eigenvalue weighted by molar-refractivity contribution is 5.94. The molecule has 1 aliphatic rings. The van der Waals surface area contributed by atoms with E-state index in [2.05, 4.69) is 32.9 Å². The van der Waals surface area contributed by atoms with Crippen LogP contribution >= 0.6 is 0 Å². The minimum atomic E-state index is 0.110. The number of rotatable bonds is 6. The predicted molar refractivity (Wildman–Crippen MR) is 117 cm³/mol. The van der Waals surface area contributed by atoms with E-state index < -0.39 is 0 Å². The van der Waals surface area contributed by atoms with E-state index in [0.717, 1.165) is 48.6 Å². The van der Waals surface area contributed by atoms with Crippen LogP contribution in [0.25, 0.3) is 0 Å². The normalized spacial score (nSPS) is 14.4. The van der Waals surface area contributed by atoms with E-state index in [9.17, 15) is 4.79 Å². The fraction of sp³-hybridized carbons (Fsp3) is 0.480. The number of carbonyl (C=O) groups excluding carboxylic acids is 1. The second-order valence-corrected chi connectivity index (χ2v) is 7.96. The molecule has 0 spiro atoms. The minimum Gasteiger partial charge on any atom is -0.493 e. The summed E-state index contributed by atoms with van der Waals surface area (Å²) in [5.41, 5.74) is 5.16. The average molecular weight is 396 g/mol. The molecule has 1 heterocycles. The molecule has 2 aromatic rings. The van der Waals surface area contributed by atoms with Gasteiger partial charge in [-0.05, 0) is 81.5 Å². The minimum absolute atomic E-state index is 0.110. The SMILES string of the molecule is CCOc1ccc(C(=O)N2CCCCCC2)cc1COc1cc(C)cc(C)c1C. The van der Waals surface area contributed by atoms with E-state index in [1.165, 1.54) is 24.0 Å². The van der Waals surface area contributed by atoms with E-state index in [1.54, 1.807) is 0 Å². The van der Waals surface area contributed by atoms with Gasteiger partial charge in [0.15, 0.2) is 0 Å². The number of hydrogen-bond acceptors (Lipinski definition) is 3. The molecule has 0 atom stereocenters. The van der Waals surface area contributed by atoms with Crippen LogP contribution in [-0.4, -0.2) is 30.5 Å². The van der Waals surface area contributed by atoms with Gasteiger partial charge in [-0.1, -0.05) is 18.9 Å². The molecule has 0 aliphatic carbocycles. The first-order chi connectivity index (χ1) is 14.0. The summed E-state index contributed by atoms with van der Waals surface area (Å²) < 4.78 is 12.0. The van der Waals surface area contributed by atoms with Crippen LogP contribution in [-0.2, 0) is 6.61 Å². The van der Waals surface area contributed by atoms with Gasteiger partial charge in [0.2, 0.25) is 0 Å². The highest BCUT2D eigenvalue weighted by atomic mass is 16.5. The standard InChI is InChI=1S/C25H33NO3/c1-5-28-23-11-10-21(25(27)26-12-8-6-7-9-13-26)16-22(23)17-29-24-15-18(2)14-19(3)20(24)4/h10-11,14-16H,5-9,12-13,17H2,1-4H3. The van der Waals surface area contributed by atoms with Gasteiger partial charge in [0.05, 0.1) is 6.61 Å². The summed E-state index contributed by atoms with van der Waals surface area (Å²) in [7, 11) is 0. The van der Waals surface area contributed by atoms with Gasteiger partial charge in [-0.15, -0.1) is 0 Å². The summed E-state index contributed by atoms with van der Waals surface area (Å²) in [6.45, 7) is 10.9. The van der Waals surface area contributed by atoms with Crippen molar-refractivity contribution in [3.63, 3.8) is 0 Å².